The van der Waals surface area contributed by atoms with E-state index in [1.54, 1.807) is 36.4 Å². The van der Waals surface area contributed by atoms with Gasteiger partial charge in [-0.2, -0.15) is 17.6 Å². The van der Waals surface area contributed by atoms with Crippen molar-refractivity contribution in [1.82, 2.24) is 0 Å². The number of esters is 2. The first-order chi connectivity index (χ1) is 17.6. The van der Waals surface area contributed by atoms with E-state index in [1.165, 1.54) is 38.1 Å². The summed E-state index contributed by atoms with van der Waals surface area (Å²) in [5, 5.41) is 2.49. The maximum absolute atomic E-state index is 15.4. The molecule has 0 spiro atoms. The van der Waals surface area contributed by atoms with Gasteiger partial charge in [0.05, 0.1) is 18.9 Å². The standard InChI is InChI=1S/C27H25F4NO5/c1-3-35-24(33)26(28,29)19-15-16-22(37-20-13-9-6-10-14-20)21(17-19)32-23(18-11-7-5-8-12-18)27(30,31)25(34)36-4-2/h5-17,23,32H,3-4H2,1-2H3. The van der Waals surface area contributed by atoms with Gasteiger partial charge < -0.3 is 19.5 Å². The zero-order valence-electron chi connectivity index (χ0n) is 20.1. The Bertz CT molecular complexity index is 1210. The molecule has 6 nitrogen and oxygen atoms in total. The van der Waals surface area contributed by atoms with Gasteiger partial charge in [-0.3, -0.25) is 0 Å². The smallest absolute Gasteiger partial charge is 0.381 e. The van der Waals surface area contributed by atoms with Crippen molar-refractivity contribution in [2.24, 2.45) is 0 Å². The molecular weight excluding hydrogens is 494 g/mol. The molecule has 0 bridgehead atoms. The molecule has 0 aliphatic heterocycles. The molecule has 0 heterocycles. The number of rotatable bonds is 11. The Morgan fingerprint density at radius 3 is 1.97 bits per heavy atom. The summed E-state index contributed by atoms with van der Waals surface area (Å²) < 4.78 is 75.2. The number of para-hydroxylation sites is 1. The van der Waals surface area contributed by atoms with Crippen LogP contribution in [0.2, 0.25) is 0 Å². The predicted octanol–water partition coefficient (Wildman–Crippen LogP) is 6.49. The first-order valence-electron chi connectivity index (χ1n) is 11.4. The minimum absolute atomic E-state index is 0.0197. The number of hydrogen-bond donors (Lipinski definition) is 1. The van der Waals surface area contributed by atoms with E-state index < -0.39 is 35.4 Å². The first kappa shape index (κ1) is 27.5. The van der Waals surface area contributed by atoms with E-state index in [2.05, 4.69) is 14.8 Å². The van der Waals surface area contributed by atoms with E-state index in [1.807, 2.05) is 0 Å². The third-order valence-electron chi connectivity index (χ3n) is 5.19. The van der Waals surface area contributed by atoms with Crippen molar-refractivity contribution in [1.29, 1.82) is 0 Å². The highest BCUT2D eigenvalue weighted by molar-refractivity contribution is 5.81. The molecule has 1 atom stereocenters. The number of nitrogens with one attached hydrogen (secondary N) is 1. The molecule has 0 saturated heterocycles. The van der Waals surface area contributed by atoms with Gasteiger partial charge in [-0.05, 0) is 49.7 Å². The Morgan fingerprint density at radius 1 is 0.811 bits per heavy atom. The lowest BCUT2D eigenvalue weighted by atomic mass is 9.99. The van der Waals surface area contributed by atoms with Gasteiger partial charge in [0.25, 0.3) is 0 Å². The summed E-state index contributed by atoms with van der Waals surface area (Å²) in [5.41, 5.74) is -1.16. The second kappa shape index (κ2) is 11.8. The van der Waals surface area contributed by atoms with Crippen LogP contribution in [0.15, 0.2) is 78.9 Å². The zero-order valence-corrected chi connectivity index (χ0v) is 20.1. The lowest BCUT2D eigenvalue weighted by Crippen LogP contribution is -2.41. The van der Waals surface area contributed by atoms with Crippen molar-refractivity contribution in [3.8, 4) is 11.5 Å². The van der Waals surface area contributed by atoms with Gasteiger partial charge in [-0.1, -0.05) is 48.5 Å². The largest absolute Gasteiger partial charge is 0.461 e. The molecule has 3 aromatic carbocycles. The Morgan fingerprint density at radius 2 is 1.38 bits per heavy atom. The summed E-state index contributed by atoms with van der Waals surface area (Å²) in [7, 11) is 0. The van der Waals surface area contributed by atoms with Crippen LogP contribution in [0.3, 0.4) is 0 Å². The maximum Gasteiger partial charge on any atom is 0.381 e. The summed E-state index contributed by atoms with van der Waals surface area (Å²) in [6, 6.07) is 16.3. The number of carbonyl (C=O) groups is 2. The highest BCUT2D eigenvalue weighted by atomic mass is 19.3. The van der Waals surface area contributed by atoms with Gasteiger partial charge in [-0.25, -0.2) is 9.59 Å². The average Bonchev–Trinajstić information content (AvgIpc) is 2.89. The third kappa shape index (κ3) is 6.38. The number of hydrogen-bond acceptors (Lipinski definition) is 6. The summed E-state index contributed by atoms with van der Waals surface area (Å²) in [6.45, 7) is 2.18. The Labute approximate surface area is 211 Å². The third-order valence-corrected chi connectivity index (χ3v) is 5.19. The number of halogens is 4. The van der Waals surface area contributed by atoms with Crippen LogP contribution < -0.4 is 10.1 Å². The fraction of sp³-hybridized carbons (Fsp3) is 0.259. The molecule has 10 heteroatoms. The average molecular weight is 519 g/mol. The van der Waals surface area contributed by atoms with E-state index in [9.17, 15) is 18.4 Å². The van der Waals surface area contributed by atoms with Crippen molar-refractivity contribution in [3.63, 3.8) is 0 Å². The lowest BCUT2D eigenvalue weighted by molar-refractivity contribution is -0.174. The molecule has 196 valence electrons. The number of carbonyl (C=O) groups excluding carboxylic acids is 2. The molecule has 0 saturated carbocycles. The highest BCUT2D eigenvalue weighted by Crippen LogP contribution is 2.42. The van der Waals surface area contributed by atoms with Crippen LogP contribution in [-0.2, 0) is 25.0 Å². The molecule has 0 radical (unpaired) electrons. The van der Waals surface area contributed by atoms with Crippen molar-refractivity contribution >= 4 is 17.6 Å². The summed E-state index contributed by atoms with van der Waals surface area (Å²) in [4.78, 5) is 24.1. The van der Waals surface area contributed by atoms with Crippen molar-refractivity contribution in [2.75, 3.05) is 18.5 Å². The van der Waals surface area contributed by atoms with Crippen LogP contribution >= 0.6 is 0 Å². The normalized spacial score (nSPS) is 12.4. The Hall–Kier alpha value is -4.08. The van der Waals surface area contributed by atoms with Crippen molar-refractivity contribution in [3.05, 3.63) is 90.0 Å². The molecular formula is C27H25F4NO5. The van der Waals surface area contributed by atoms with E-state index in [-0.39, 0.29) is 30.2 Å². The first-order valence-corrected chi connectivity index (χ1v) is 11.4. The number of benzene rings is 3. The molecule has 0 aliphatic carbocycles. The van der Waals surface area contributed by atoms with Crippen molar-refractivity contribution in [2.45, 2.75) is 31.7 Å². The van der Waals surface area contributed by atoms with Crippen LogP contribution in [-0.4, -0.2) is 31.1 Å². The molecule has 37 heavy (non-hydrogen) atoms. The van der Waals surface area contributed by atoms with Crippen LogP contribution in [0.1, 0.15) is 31.0 Å². The fourth-order valence-corrected chi connectivity index (χ4v) is 3.41. The number of alkyl halides is 4. The summed E-state index contributed by atoms with van der Waals surface area (Å²) in [5.74, 6) is -11.6. The molecule has 3 rings (SSSR count). The van der Waals surface area contributed by atoms with Crippen molar-refractivity contribution < 1.29 is 41.4 Å². The monoisotopic (exact) mass is 519 g/mol. The zero-order chi connectivity index (χ0) is 27.1. The lowest BCUT2D eigenvalue weighted by Gasteiger charge is -2.28. The van der Waals surface area contributed by atoms with Gasteiger partial charge in [0.15, 0.2) is 5.75 Å². The summed E-state index contributed by atoms with van der Waals surface area (Å²) >= 11 is 0. The van der Waals surface area contributed by atoms with Crippen LogP contribution in [0.25, 0.3) is 0 Å². The molecule has 0 aliphatic rings. The highest BCUT2D eigenvalue weighted by Gasteiger charge is 2.50. The molecule has 0 amide bonds. The van der Waals surface area contributed by atoms with E-state index in [0.717, 1.165) is 18.2 Å². The molecule has 1 N–H and O–H groups in total. The minimum Gasteiger partial charge on any atom is -0.461 e. The number of anilines is 1. The quantitative estimate of drug-likeness (QED) is 0.231. The van der Waals surface area contributed by atoms with E-state index >= 15 is 8.78 Å². The predicted molar refractivity (Wildman–Crippen MR) is 128 cm³/mol. The fourth-order valence-electron chi connectivity index (χ4n) is 3.41. The topological polar surface area (TPSA) is 73.9 Å². The molecule has 1 unspecified atom stereocenters. The SMILES string of the molecule is CCOC(=O)C(F)(F)c1ccc(Oc2ccccc2)c(NC(c2ccccc2)C(F)(F)C(=O)OCC)c1. The second-order valence-corrected chi connectivity index (χ2v) is 7.75. The van der Waals surface area contributed by atoms with Gasteiger partial charge in [0.1, 0.15) is 11.8 Å². The maximum atomic E-state index is 15.4. The van der Waals surface area contributed by atoms with Gasteiger partial charge in [-0.15, -0.1) is 0 Å². The van der Waals surface area contributed by atoms with Crippen LogP contribution in [0.4, 0.5) is 23.2 Å². The number of ether oxygens (including phenoxy) is 3. The van der Waals surface area contributed by atoms with E-state index in [0.29, 0.717) is 5.75 Å². The Kier molecular flexibility index (Phi) is 8.75. The molecule has 3 aromatic rings. The van der Waals surface area contributed by atoms with Gasteiger partial charge >= 0.3 is 23.8 Å². The van der Waals surface area contributed by atoms with Gasteiger partial charge in [0.2, 0.25) is 0 Å². The summed E-state index contributed by atoms with van der Waals surface area (Å²) in [6.07, 6.45) is 0. The molecule has 0 fully saturated rings. The second-order valence-electron chi connectivity index (χ2n) is 7.75. The Balaban J connectivity index is 2.13. The van der Waals surface area contributed by atoms with Crippen LogP contribution in [0.5, 0.6) is 11.5 Å². The van der Waals surface area contributed by atoms with E-state index in [4.69, 9.17) is 4.74 Å². The molecule has 0 aromatic heterocycles. The van der Waals surface area contributed by atoms with Gasteiger partial charge in [0, 0.05) is 5.56 Å². The van der Waals surface area contributed by atoms with Crippen LogP contribution in [0, 0.1) is 0 Å². The minimum atomic E-state index is -4.11.